The van der Waals surface area contributed by atoms with Crippen LogP contribution in [0.25, 0.3) is 0 Å². The molecule has 0 aromatic heterocycles. The maximum Gasteiger partial charge on any atom is 0.126 e. The summed E-state index contributed by atoms with van der Waals surface area (Å²) in [6.07, 6.45) is -0.832. The summed E-state index contributed by atoms with van der Waals surface area (Å²) in [5.74, 6) is 0.572. The maximum absolute atomic E-state index is 13.7. The molecule has 1 N–H and O–H groups in total. The van der Waals surface area contributed by atoms with Gasteiger partial charge in [0, 0.05) is 11.0 Å². The second-order valence-corrected chi connectivity index (χ2v) is 6.34. The van der Waals surface area contributed by atoms with Crippen LogP contribution in [0.2, 0.25) is 0 Å². The Kier molecular flexibility index (Phi) is 3.25. The van der Waals surface area contributed by atoms with Gasteiger partial charge in [0.1, 0.15) is 17.7 Å². The fourth-order valence-corrected chi connectivity index (χ4v) is 2.68. The van der Waals surface area contributed by atoms with Gasteiger partial charge in [-0.25, -0.2) is 4.39 Å². The van der Waals surface area contributed by atoms with E-state index in [0.717, 1.165) is 16.9 Å². The topological polar surface area (TPSA) is 29.5 Å². The average molecular weight is 286 g/mol. The van der Waals surface area contributed by atoms with E-state index in [-0.39, 0.29) is 11.2 Å². The molecule has 0 aliphatic carbocycles. The van der Waals surface area contributed by atoms with Crippen LogP contribution in [0.5, 0.6) is 5.75 Å². The van der Waals surface area contributed by atoms with E-state index < -0.39 is 6.10 Å². The fourth-order valence-electron chi connectivity index (χ4n) is 2.68. The lowest BCUT2D eigenvalue weighted by molar-refractivity contribution is 0.219. The van der Waals surface area contributed by atoms with Crippen LogP contribution in [0.3, 0.4) is 0 Å². The molecular weight excluding hydrogens is 267 g/mol. The quantitative estimate of drug-likeness (QED) is 0.907. The van der Waals surface area contributed by atoms with Gasteiger partial charge in [0.2, 0.25) is 0 Å². The number of benzene rings is 2. The lowest BCUT2D eigenvalue weighted by Crippen LogP contribution is -2.18. The van der Waals surface area contributed by atoms with Crippen LogP contribution in [0, 0.1) is 12.7 Å². The summed E-state index contributed by atoms with van der Waals surface area (Å²) in [4.78, 5) is 0. The van der Waals surface area contributed by atoms with Crippen LogP contribution in [0.15, 0.2) is 36.4 Å². The Morgan fingerprint density at radius 3 is 2.52 bits per heavy atom. The average Bonchev–Trinajstić information content (AvgIpc) is 2.76. The first-order valence-electron chi connectivity index (χ1n) is 7.10. The molecule has 1 heterocycles. The highest BCUT2D eigenvalue weighted by Gasteiger charge is 2.32. The standard InChI is InChI=1S/C18H19FO2/c1-11-4-5-13(9-15(11)19)17(20)12-6-7-16-14(8-12)18(2,3)10-21-16/h4-9,17,20H,10H2,1-3H3. The third-order valence-electron chi connectivity index (χ3n) is 4.15. The molecule has 1 unspecified atom stereocenters. The highest BCUT2D eigenvalue weighted by Crippen LogP contribution is 2.40. The molecule has 0 amide bonds. The molecule has 1 aliphatic rings. The molecule has 21 heavy (non-hydrogen) atoms. The Bertz CT molecular complexity index is 692. The van der Waals surface area contributed by atoms with E-state index in [1.165, 1.54) is 6.07 Å². The van der Waals surface area contributed by atoms with Gasteiger partial charge in [-0.3, -0.25) is 0 Å². The molecule has 2 aromatic carbocycles. The Morgan fingerprint density at radius 1 is 1.14 bits per heavy atom. The molecule has 0 fully saturated rings. The summed E-state index contributed by atoms with van der Waals surface area (Å²) in [7, 11) is 0. The predicted molar refractivity (Wildman–Crippen MR) is 80.2 cm³/mol. The minimum atomic E-state index is -0.832. The third-order valence-corrected chi connectivity index (χ3v) is 4.15. The Balaban J connectivity index is 1.99. The normalized spacial score (nSPS) is 17.2. The zero-order valence-corrected chi connectivity index (χ0v) is 12.5. The number of aliphatic hydroxyl groups is 1. The largest absolute Gasteiger partial charge is 0.492 e. The SMILES string of the molecule is Cc1ccc(C(O)c2ccc3c(c2)C(C)(C)CO3)cc1F. The molecule has 0 bridgehead atoms. The smallest absolute Gasteiger partial charge is 0.126 e. The Labute approximate surface area is 124 Å². The number of ether oxygens (including phenoxy) is 1. The number of aryl methyl sites for hydroxylation is 1. The molecule has 2 aromatic rings. The van der Waals surface area contributed by atoms with Crippen molar-refractivity contribution in [1.29, 1.82) is 0 Å². The number of hydrogen-bond donors (Lipinski definition) is 1. The highest BCUT2D eigenvalue weighted by atomic mass is 19.1. The molecule has 3 rings (SSSR count). The number of rotatable bonds is 2. The molecular formula is C18H19FO2. The van der Waals surface area contributed by atoms with Gasteiger partial charge in [0.05, 0.1) is 6.61 Å². The van der Waals surface area contributed by atoms with Crippen molar-refractivity contribution in [3.8, 4) is 5.75 Å². The van der Waals surface area contributed by atoms with Crippen LogP contribution < -0.4 is 4.74 Å². The van der Waals surface area contributed by atoms with Gasteiger partial charge in [-0.05, 0) is 41.8 Å². The second kappa shape index (κ2) is 4.85. The number of hydrogen-bond acceptors (Lipinski definition) is 2. The maximum atomic E-state index is 13.7. The van der Waals surface area contributed by atoms with Crippen molar-refractivity contribution in [3.05, 3.63) is 64.5 Å². The lowest BCUT2D eigenvalue weighted by Gasteiger charge is -2.18. The van der Waals surface area contributed by atoms with Crippen LogP contribution in [0.4, 0.5) is 4.39 Å². The van der Waals surface area contributed by atoms with Gasteiger partial charge < -0.3 is 9.84 Å². The summed E-state index contributed by atoms with van der Waals surface area (Å²) in [6, 6.07) is 10.5. The summed E-state index contributed by atoms with van der Waals surface area (Å²) < 4.78 is 19.3. The molecule has 0 spiro atoms. The van der Waals surface area contributed by atoms with Crippen LogP contribution in [-0.4, -0.2) is 11.7 Å². The minimum absolute atomic E-state index is 0.0659. The molecule has 1 aliphatic heterocycles. The van der Waals surface area contributed by atoms with Gasteiger partial charge in [-0.2, -0.15) is 0 Å². The number of halogens is 1. The first-order chi connectivity index (χ1) is 9.88. The second-order valence-electron chi connectivity index (χ2n) is 6.34. The zero-order chi connectivity index (χ0) is 15.2. The first-order valence-corrected chi connectivity index (χ1v) is 7.10. The van der Waals surface area contributed by atoms with Gasteiger partial charge in [0.25, 0.3) is 0 Å². The van der Waals surface area contributed by atoms with E-state index in [1.807, 2.05) is 18.2 Å². The molecule has 1 atom stereocenters. The van der Waals surface area contributed by atoms with Crippen molar-refractivity contribution in [2.45, 2.75) is 32.3 Å². The third kappa shape index (κ3) is 2.42. The van der Waals surface area contributed by atoms with Gasteiger partial charge in [0.15, 0.2) is 0 Å². The first kappa shape index (κ1) is 14.1. The van der Waals surface area contributed by atoms with Crippen molar-refractivity contribution >= 4 is 0 Å². The van der Waals surface area contributed by atoms with Gasteiger partial charge >= 0.3 is 0 Å². The van der Waals surface area contributed by atoms with Crippen LogP contribution in [0.1, 0.15) is 42.2 Å². The Hall–Kier alpha value is -1.87. The van der Waals surface area contributed by atoms with Crippen molar-refractivity contribution in [1.82, 2.24) is 0 Å². The molecule has 0 radical (unpaired) electrons. The molecule has 110 valence electrons. The molecule has 2 nitrogen and oxygen atoms in total. The van der Waals surface area contributed by atoms with E-state index in [4.69, 9.17) is 4.74 Å². The van der Waals surface area contributed by atoms with E-state index in [9.17, 15) is 9.50 Å². The van der Waals surface area contributed by atoms with Crippen LogP contribution >= 0.6 is 0 Å². The summed E-state index contributed by atoms with van der Waals surface area (Å²) in [6.45, 7) is 6.57. The number of aliphatic hydroxyl groups excluding tert-OH is 1. The minimum Gasteiger partial charge on any atom is -0.492 e. The Morgan fingerprint density at radius 2 is 1.81 bits per heavy atom. The highest BCUT2D eigenvalue weighted by molar-refractivity contribution is 5.47. The number of fused-ring (bicyclic) bond motifs is 1. The van der Waals surface area contributed by atoms with E-state index in [0.29, 0.717) is 17.7 Å². The fraction of sp³-hybridized carbons (Fsp3) is 0.333. The zero-order valence-electron chi connectivity index (χ0n) is 12.5. The van der Waals surface area contributed by atoms with Crippen molar-refractivity contribution in [3.63, 3.8) is 0 Å². The van der Waals surface area contributed by atoms with Gasteiger partial charge in [-0.15, -0.1) is 0 Å². The summed E-state index contributed by atoms with van der Waals surface area (Å²) in [5.41, 5.74) is 2.93. The predicted octanol–water partition coefficient (Wildman–Crippen LogP) is 3.89. The summed E-state index contributed by atoms with van der Waals surface area (Å²) in [5, 5.41) is 10.5. The van der Waals surface area contributed by atoms with E-state index in [1.54, 1.807) is 19.1 Å². The van der Waals surface area contributed by atoms with Gasteiger partial charge in [-0.1, -0.05) is 32.0 Å². The lowest BCUT2D eigenvalue weighted by atomic mass is 9.85. The van der Waals surface area contributed by atoms with E-state index >= 15 is 0 Å². The molecule has 0 saturated heterocycles. The monoisotopic (exact) mass is 286 g/mol. The van der Waals surface area contributed by atoms with Crippen molar-refractivity contribution < 1.29 is 14.2 Å². The van der Waals surface area contributed by atoms with Crippen LogP contribution in [-0.2, 0) is 5.41 Å². The molecule has 0 saturated carbocycles. The summed E-state index contributed by atoms with van der Waals surface area (Å²) >= 11 is 0. The molecule has 3 heteroatoms. The van der Waals surface area contributed by atoms with Crippen molar-refractivity contribution in [2.24, 2.45) is 0 Å². The van der Waals surface area contributed by atoms with Crippen molar-refractivity contribution in [2.75, 3.05) is 6.61 Å². The van der Waals surface area contributed by atoms with E-state index in [2.05, 4.69) is 13.8 Å².